The van der Waals surface area contributed by atoms with E-state index in [1.54, 1.807) is 19.2 Å². The van der Waals surface area contributed by atoms with Gasteiger partial charge in [-0.05, 0) is 31.9 Å². The molecule has 0 aliphatic rings. The second kappa shape index (κ2) is 9.99. The van der Waals surface area contributed by atoms with Gasteiger partial charge in [0.15, 0.2) is 4.34 Å². The lowest BCUT2D eigenvalue weighted by Crippen LogP contribution is -2.22. The second-order valence-electron chi connectivity index (χ2n) is 5.70. The van der Waals surface area contributed by atoms with Crippen LogP contribution in [-0.4, -0.2) is 35.0 Å². The topological polar surface area (TPSA) is 76.1 Å². The van der Waals surface area contributed by atoms with Gasteiger partial charge in [-0.25, -0.2) is 0 Å². The first kappa shape index (κ1) is 20.8. The van der Waals surface area contributed by atoms with Gasteiger partial charge in [-0.2, -0.15) is 0 Å². The molecule has 0 spiro atoms. The summed E-state index contributed by atoms with van der Waals surface area (Å²) in [5.41, 5.74) is 1.47. The van der Waals surface area contributed by atoms with Crippen molar-refractivity contribution in [3.05, 3.63) is 22.7 Å². The van der Waals surface area contributed by atoms with E-state index >= 15 is 0 Å². The summed E-state index contributed by atoms with van der Waals surface area (Å²) in [6.45, 7) is 6.73. The number of rotatable bonds is 9. The zero-order chi connectivity index (χ0) is 19.1. The molecule has 9 heteroatoms. The minimum atomic E-state index is -0.327. The number of nitrogens with zero attached hydrogens (tertiary/aromatic N) is 2. The van der Waals surface area contributed by atoms with Crippen LogP contribution in [0.15, 0.2) is 16.5 Å². The van der Waals surface area contributed by atoms with Gasteiger partial charge < -0.3 is 15.4 Å². The van der Waals surface area contributed by atoms with E-state index in [-0.39, 0.29) is 11.2 Å². The Morgan fingerprint density at radius 3 is 2.88 bits per heavy atom. The minimum absolute atomic E-state index is 0.134. The van der Waals surface area contributed by atoms with Crippen LogP contribution in [0.3, 0.4) is 0 Å². The van der Waals surface area contributed by atoms with E-state index < -0.39 is 0 Å². The molecular weight excluding hydrogens is 392 g/mol. The fourth-order valence-electron chi connectivity index (χ4n) is 2.07. The predicted molar refractivity (Wildman–Crippen MR) is 110 cm³/mol. The number of carbonyl (C=O) groups excluding carboxylic acids is 1. The number of aromatic nitrogens is 2. The van der Waals surface area contributed by atoms with E-state index in [0.717, 1.165) is 34.4 Å². The smallest absolute Gasteiger partial charge is 0.237 e. The van der Waals surface area contributed by atoms with Crippen LogP contribution in [0.4, 0.5) is 10.8 Å². The molecule has 0 saturated carbocycles. The largest absolute Gasteiger partial charge is 0.495 e. The van der Waals surface area contributed by atoms with E-state index in [1.807, 2.05) is 13.8 Å². The number of unbranched alkanes of at least 4 members (excludes halogenated alkanes) is 1. The van der Waals surface area contributed by atoms with Crippen molar-refractivity contribution in [2.75, 3.05) is 24.3 Å². The molecule has 1 aromatic heterocycles. The molecule has 2 rings (SSSR count). The maximum atomic E-state index is 12.5. The highest BCUT2D eigenvalue weighted by Crippen LogP contribution is 2.33. The molecule has 26 heavy (non-hydrogen) atoms. The van der Waals surface area contributed by atoms with Crippen LogP contribution < -0.4 is 15.4 Å². The van der Waals surface area contributed by atoms with Gasteiger partial charge in [0.25, 0.3) is 0 Å². The molecule has 0 radical (unpaired) electrons. The van der Waals surface area contributed by atoms with Crippen molar-refractivity contribution in [1.82, 2.24) is 10.2 Å². The van der Waals surface area contributed by atoms with Crippen LogP contribution in [0.5, 0.6) is 5.75 Å². The molecule has 142 valence electrons. The predicted octanol–water partition coefficient (Wildman–Crippen LogP) is 4.84. The Morgan fingerprint density at radius 1 is 1.42 bits per heavy atom. The molecule has 1 atom stereocenters. The average molecular weight is 415 g/mol. The molecule has 0 aliphatic carbocycles. The first-order chi connectivity index (χ1) is 12.4. The highest BCUT2D eigenvalue weighted by molar-refractivity contribution is 8.02. The fraction of sp³-hybridized carbons (Fsp3) is 0.471. The van der Waals surface area contributed by atoms with Gasteiger partial charge in [0.05, 0.1) is 18.0 Å². The minimum Gasteiger partial charge on any atom is -0.495 e. The first-order valence-corrected chi connectivity index (χ1v) is 10.4. The molecule has 1 amide bonds. The number of nitrogens with one attached hydrogen (secondary N) is 2. The van der Waals surface area contributed by atoms with Crippen LogP contribution in [0.25, 0.3) is 0 Å². The number of methoxy groups -OCH3 is 1. The highest BCUT2D eigenvalue weighted by atomic mass is 35.5. The summed E-state index contributed by atoms with van der Waals surface area (Å²) in [6.07, 6.45) is 2.21. The van der Waals surface area contributed by atoms with Gasteiger partial charge in [0.1, 0.15) is 5.75 Å². The lowest BCUT2D eigenvalue weighted by molar-refractivity contribution is -0.115. The number of benzene rings is 1. The Labute approximate surface area is 167 Å². The van der Waals surface area contributed by atoms with E-state index in [9.17, 15) is 4.79 Å². The van der Waals surface area contributed by atoms with Crippen LogP contribution in [0.2, 0.25) is 5.02 Å². The van der Waals surface area contributed by atoms with Crippen LogP contribution in [0, 0.1) is 6.92 Å². The summed E-state index contributed by atoms with van der Waals surface area (Å²) in [5, 5.41) is 15.4. The molecule has 2 aromatic rings. The normalized spacial score (nSPS) is 11.9. The fourth-order valence-corrected chi connectivity index (χ4v) is 4.15. The van der Waals surface area contributed by atoms with Gasteiger partial charge >= 0.3 is 0 Å². The summed E-state index contributed by atoms with van der Waals surface area (Å²) in [7, 11) is 1.54. The van der Waals surface area contributed by atoms with Gasteiger partial charge in [0.2, 0.25) is 11.0 Å². The number of hydrogen-bond acceptors (Lipinski definition) is 7. The van der Waals surface area contributed by atoms with E-state index in [0.29, 0.717) is 16.5 Å². The number of thioether (sulfide) groups is 1. The van der Waals surface area contributed by atoms with E-state index in [1.165, 1.54) is 23.1 Å². The Hall–Kier alpha value is -1.51. The molecular formula is C17H23ClN4O2S2. The van der Waals surface area contributed by atoms with Gasteiger partial charge in [-0.15, -0.1) is 10.2 Å². The summed E-state index contributed by atoms with van der Waals surface area (Å²) in [4.78, 5) is 12.5. The van der Waals surface area contributed by atoms with Crippen LogP contribution in [-0.2, 0) is 4.79 Å². The second-order valence-corrected chi connectivity index (χ2v) is 8.68. The van der Waals surface area contributed by atoms with Crippen molar-refractivity contribution in [3.8, 4) is 5.75 Å². The number of aryl methyl sites for hydroxylation is 1. The van der Waals surface area contributed by atoms with E-state index in [2.05, 4.69) is 27.8 Å². The Kier molecular flexibility index (Phi) is 7.99. The van der Waals surface area contributed by atoms with E-state index in [4.69, 9.17) is 16.3 Å². The van der Waals surface area contributed by atoms with Crippen molar-refractivity contribution in [3.63, 3.8) is 0 Å². The third-order valence-corrected chi connectivity index (χ3v) is 6.07. The average Bonchev–Trinajstić information content (AvgIpc) is 3.05. The van der Waals surface area contributed by atoms with Crippen LogP contribution in [0.1, 0.15) is 32.3 Å². The number of anilines is 2. The Bertz CT molecular complexity index is 754. The molecule has 0 saturated heterocycles. The lowest BCUT2D eigenvalue weighted by atomic mass is 10.2. The number of ether oxygens (including phenoxy) is 1. The summed E-state index contributed by atoms with van der Waals surface area (Å²) >= 11 is 8.93. The quantitative estimate of drug-likeness (QED) is 0.451. The Balaban J connectivity index is 1.97. The molecule has 0 bridgehead atoms. The summed E-state index contributed by atoms with van der Waals surface area (Å²) in [6, 6.07) is 3.50. The molecule has 0 aliphatic heterocycles. The van der Waals surface area contributed by atoms with Gasteiger partial charge in [-0.1, -0.05) is 48.0 Å². The molecule has 0 fully saturated rings. The number of carbonyl (C=O) groups is 1. The van der Waals surface area contributed by atoms with Crippen molar-refractivity contribution >= 4 is 51.4 Å². The highest BCUT2D eigenvalue weighted by Gasteiger charge is 2.19. The van der Waals surface area contributed by atoms with Crippen molar-refractivity contribution in [2.45, 2.75) is 43.2 Å². The SMILES string of the molecule is CCCCNc1nnc(S[C@@H](C)C(=O)Nc2cc(C)c(Cl)cc2OC)s1. The third kappa shape index (κ3) is 5.75. The maximum Gasteiger partial charge on any atom is 0.237 e. The van der Waals surface area contributed by atoms with Gasteiger partial charge in [-0.3, -0.25) is 4.79 Å². The molecule has 2 N–H and O–H groups in total. The van der Waals surface area contributed by atoms with Crippen molar-refractivity contribution in [2.24, 2.45) is 0 Å². The number of amides is 1. The van der Waals surface area contributed by atoms with Crippen molar-refractivity contribution in [1.29, 1.82) is 0 Å². The monoisotopic (exact) mass is 414 g/mol. The third-order valence-electron chi connectivity index (χ3n) is 3.60. The van der Waals surface area contributed by atoms with Gasteiger partial charge in [0, 0.05) is 17.6 Å². The lowest BCUT2D eigenvalue weighted by Gasteiger charge is -2.14. The summed E-state index contributed by atoms with van der Waals surface area (Å²) < 4.78 is 6.05. The Morgan fingerprint density at radius 2 is 2.19 bits per heavy atom. The number of hydrogen-bond donors (Lipinski definition) is 2. The molecule has 0 unspecified atom stereocenters. The zero-order valence-corrected chi connectivity index (χ0v) is 17.6. The summed E-state index contributed by atoms with van der Waals surface area (Å²) in [5.74, 6) is 0.398. The van der Waals surface area contributed by atoms with Crippen LogP contribution >= 0.6 is 34.7 Å². The maximum absolute atomic E-state index is 12.5. The zero-order valence-electron chi connectivity index (χ0n) is 15.3. The number of halogens is 1. The first-order valence-electron chi connectivity index (χ1n) is 8.33. The molecule has 6 nitrogen and oxygen atoms in total. The molecule has 1 aromatic carbocycles. The molecule has 1 heterocycles. The van der Waals surface area contributed by atoms with Crippen molar-refractivity contribution < 1.29 is 9.53 Å². The standard InChI is InChI=1S/C17H23ClN4O2S2/c1-5-6-7-19-16-21-22-17(26-16)25-11(3)15(23)20-13-8-10(2)12(18)9-14(13)24-4/h8-9,11H,5-7H2,1-4H3,(H,19,21)(H,20,23)/t11-/m0/s1.